The summed E-state index contributed by atoms with van der Waals surface area (Å²) in [6.07, 6.45) is 3.39. The fourth-order valence-corrected chi connectivity index (χ4v) is 4.45. The third-order valence-electron chi connectivity index (χ3n) is 6.16. The van der Waals surface area contributed by atoms with E-state index in [0.717, 1.165) is 53.8 Å². The molecule has 6 nitrogen and oxygen atoms in total. The summed E-state index contributed by atoms with van der Waals surface area (Å²) >= 11 is 0. The third kappa shape index (κ3) is 5.07. The van der Waals surface area contributed by atoms with Crippen molar-refractivity contribution in [3.05, 3.63) is 35.4 Å². The van der Waals surface area contributed by atoms with Crippen LogP contribution in [0.4, 0.5) is 5.82 Å². The maximum atomic E-state index is 9.82. The van der Waals surface area contributed by atoms with Crippen LogP contribution >= 0.6 is 0 Å². The Bertz CT molecular complexity index is 797. The first-order valence-electron chi connectivity index (χ1n) is 11.0. The van der Waals surface area contributed by atoms with Gasteiger partial charge in [0.2, 0.25) is 0 Å². The SMILES string of the molecule is CCC(CC)NC1CCN(c2nc3ccccc3c(C)c2C(N)NC(C)O)CC1. The van der Waals surface area contributed by atoms with Gasteiger partial charge in [0.1, 0.15) is 12.0 Å². The van der Waals surface area contributed by atoms with Gasteiger partial charge in [-0.2, -0.15) is 0 Å². The van der Waals surface area contributed by atoms with Crippen LogP contribution in [0.25, 0.3) is 10.9 Å². The molecule has 3 rings (SSSR count). The Morgan fingerprint density at radius 2 is 1.86 bits per heavy atom. The summed E-state index contributed by atoms with van der Waals surface area (Å²) in [5.74, 6) is 0.947. The molecule has 1 aliphatic rings. The number of benzene rings is 1. The molecule has 0 bridgehead atoms. The van der Waals surface area contributed by atoms with Crippen molar-refractivity contribution in [1.82, 2.24) is 15.6 Å². The van der Waals surface area contributed by atoms with E-state index in [1.54, 1.807) is 6.92 Å². The highest BCUT2D eigenvalue weighted by Gasteiger charge is 2.27. The zero-order valence-corrected chi connectivity index (χ0v) is 18.3. The molecule has 29 heavy (non-hydrogen) atoms. The van der Waals surface area contributed by atoms with Crippen molar-refractivity contribution in [2.45, 2.75) is 77.9 Å². The number of aliphatic hydroxyl groups excluding tert-OH is 1. The van der Waals surface area contributed by atoms with Crippen molar-refractivity contribution in [1.29, 1.82) is 0 Å². The molecule has 0 saturated carbocycles. The van der Waals surface area contributed by atoms with E-state index < -0.39 is 12.4 Å². The third-order valence-corrected chi connectivity index (χ3v) is 6.16. The Labute approximate surface area is 174 Å². The zero-order valence-electron chi connectivity index (χ0n) is 18.3. The minimum absolute atomic E-state index is 0.470. The molecule has 1 fully saturated rings. The van der Waals surface area contributed by atoms with Crippen LogP contribution in [0.5, 0.6) is 0 Å². The number of rotatable bonds is 8. The van der Waals surface area contributed by atoms with Crippen molar-refractivity contribution in [2.75, 3.05) is 18.0 Å². The molecule has 2 aromatic rings. The van der Waals surface area contributed by atoms with Crippen LogP contribution in [0.15, 0.2) is 24.3 Å². The largest absolute Gasteiger partial charge is 0.379 e. The lowest BCUT2D eigenvalue weighted by Gasteiger charge is -2.37. The number of aromatic nitrogens is 1. The highest BCUT2D eigenvalue weighted by atomic mass is 16.3. The Hall–Kier alpha value is -1.73. The molecule has 0 aliphatic carbocycles. The lowest BCUT2D eigenvalue weighted by Crippen LogP contribution is -2.47. The van der Waals surface area contributed by atoms with Gasteiger partial charge in [0, 0.05) is 36.1 Å². The number of hydrogen-bond donors (Lipinski definition) is 4. The maximum absolute atomic E-state index is 9.82. The normalized spacial score (nSPS) is 17.8. The van der Waals surface area contributed by atoms with Crippen LogP contribution in [0.1, 0.15) is 63.7 Å². The first-order valence-corrected chi connectivity index (χ1v) is 11.0. The lowest BCUT2D eigenvalue weighted by molar-refractivity contribution is 0.141. The van der Waals surface area contributed by atoms with Gasteiger partial charge in [-0.25, -0.2) is 4.98 Å². The summed E-state index contributed by atoms with van der Waals surface area (Å²) in [5, 5.41) is 17.8. The van der Waals surface area contributed by atoms with Crippen molar-refractivity contribution in [3.8, 4) is 0 Å². The maximum Gasteiger partial charge on any atom is 0.135 e. The van der Waals surface area contributed by atoms with Gasteiger partial charge in [0.05, 0.1) is 11.7 Å². The second kappa shape index (κ2) is 9.85. The summed E-state index contributed by atoms with van der Waals surface area (Å²) in [6.45, 7) is 10.2. The number of fused-ring (bicyclic) bond motifs is 1. The predicted molar refractivity (Wildman–Crippen MR) is 121 cm³/mol. The van der Waals surface area contributed by atoms with E-state index in [9.17, 15) is 5.11 Å². The molecule has 1 aromatic carbocycles. The summed E-state index contributed by atoms with van der Waals surface area (Å²) in [5.41, 5.74) is 9.58. The van der Waals surface area contributed by atoms with Gasteiger partial charge in [-0.15, -0.1) is 0 Å². The average Bonchev–Trinajstić information content (AvgIpc) is 2.71. The molecule has 0 radical (unpaired) electrons. The number of anilines is 1. The predicted octanol–water partition coefficient (Wildman–Crippen LogP) is 3.18. The van der Waals surface area contributed by atoms with Gasteiger partial charge in [-0.1, -0.05) is 32.0 Å². The number of nitrogens with two attached hydrogens (primary N) is 1. The van der Waals surface area contributed by atoms with E-state index >= 15 is 0 Å². The molecule has 2 heterocycles. The van der Waals surface area contributed by atoms with Crippen molar-refractivity contribution in [3.63, 3.8) is 0 Å². The number of aliphatic hydroxyl groups is 1. The smallest absolute Gasteiger partial charge is 0.135 e. The molecule has 2 atom stereocenters. The molecule has 1 aliphatic heterocycles. The summed E-state index contributed by atoms with van der Waals surface area (Å²) < 4.78 is 0. The molecular formula is C23H37N5O. The fraction of sp³-hybridized carbons (Fsp3) is 0.609. The molecule has 0 spiro atoms. The van der Waals surface area contributed by atoms with E-state index in [1.165, 1.54) is 12.8 Å². The highest BCUT2D eigenvalue weighted by Crippen LogP contribution is 2.33. The number of pyridine rings is 1. The van der Waals surface area contributed by atoms with Crippen molar-refractivity contribution in [2.24, 2.45) is 5.73 Å². The van der Waals surface area contributed by atoms with Crippen LogP contribution in [0.3, 0.4) is 0 Å². The average molecular weight is 400 g/mol. The lowest BCUT2D eigenvalue weighted by atomic mass is 9.98. The number of hydrogen-bond acceptors (Lipinski definition) is 6. The summed E-state index contributed by atoms with van der Waals surface area (Å²) in [6, 6.07) is 9.37. The molecule has 0 amide bonds. The van der Waals surface area contributed by atoms with Crippen LogP contribution < -0.4 is 21.3 Å². The van der Waals surface area contributed by atoms with Gasteiger partial charge in [0.15, 0.2) is 0 Å². The minimum Gasteiger partial charge on any atom is -0.379 e. The van der Waals surface area contributed by atoms with Crippen molar-refractivity contribution >= 4 is 16.7 Å². The molecule has 160 valence electrons. The Balaban J connectivity index is 1.88. The molecule has 1 aromatic heterocycles. The quantitative estimate of drug-likeness (QED) is 0.510. The van der Waals surface area contributed by atoms with E-state index in [2.05, 4.69) is 48.4 Å². The summed E-state index contributed by atoms with van der Waals surface area (Å²) in [4.78, 5) is 7.37. The number of aryl methyl sites for hydroxylation is 1. The number of piperidine rings is 1. The second-order valence-corrected chi connectivity index (χ2v) is 8.25. The van der Waals surface area contributed by atoms with Crippen LogP contribution in [0.2, 0.25) is 0 Å². The Morgan fingerprint density at radius 3 is 2.48 bits per heavy atom. The highest BCUT2D eigenvalue weighted by molar-refractivity contribution is 5.86. The fourth-order valence-electron chi connectivity index (χ4n) is 4.45. The van der Waals surface area contributed by atoms with E-state index in [0.29, 0.717) is 12.1 Å². The Kier molecular flexibility index (Phi) is 7.46. The van der Waals surface area contributed by atoms with E-state index in [1.807, 2.05) is 12.1 Å². The zero-order chi connectivity index (χ0) is 21.0. The monoisotopic (exact) mass is 399 g/mol. The molecular weight excluding hydrogens is 362 g/mol. The summed E-state index contributed by atoms with van der Waals surface area (Å²) in [7, 11) is 0. The number of nitrogens with one attached hydrogen (secondary N) is 2. The van der Waals surface area contributed by atoms with E-state index in [-0.39, 0.29) is 0 Å². The molecule has 5 N–H and O–H groups in total. The van der Waals surface area contributed by atoms with E-state index in [4.69, 9.17) is 10.7 Å². The van der Waals surface area contributed by atoms with Gasteiger partial charge < -0.3 is 21.1 Å². The van der Waals surface area contributed by atoms with Gasteiger partial charge in [0.25, 0.3) is 0 Å². The first kappa shape index (κ1) is 22.0. The van der Waals surface area contributed by atoms with Gasteiger partial charge >= 0.3 is 0 Å². The minimum atomic E-state index is -0.682. The number of nitrogens with zero attached hydrogens (tertiary/aromatic N) is 2. The van der Waals surface area contributed by atoms with Crippen LogP contribution in [0, 0.1) is 6.92 Å². The molecule has 1 saturated heterocycles. The van der Waals surface area contributed by atoms with Gasteiger partial charge in [-0.3, -0.25) is 5.32 Å². The second-order valence-electron chi connectivity index (χ2n) is 8.25. The molecule has 2 unspecified atom stereocenters. The molecule has 6 heteroatoms. The number of para-hydroxylation sites is 1. The van der Waals surface area contributed by atoms with Gasteiger partial charge in [-0.05, 0) is 51.2 Å². The van der Waals surface area contributed by atoms with Crippen molar-refractivity contribution < 1.29 is 5.11 Å². The van der Waals surface area contributed by atoms with Crippen LogP contribution in [-0.4, -0.2) is 41.5 Å². The Morgan fingerprint density at radius 1 is 1.21 bits per heavy atom. The first-order chi connectivity index (χ1) is 13.9. The topological polar surface area (TPSA) is 86.4 Å². The standard InChI is InChI=1S/C23H37N5O/c1-5-17(6-2)26-18-11-13-28(14-12-18)23-21(22(24)25-16(4)29)15(3)19-9-7-8-10-20(19)27-23/h7-10,16-18,22,25-26,29H,5-6,11-14,24H2,1-4H3. The van der Waals surface area contributed by atoms with Crippen LogP contribution in [-0.2, 0) is 0 Å².